The number of ether oxygens (including phenoxy) is 5. The summed E-state index contributed by atoms with van der Waals surface area (Å²) in [5.74, 6) is 0.671. The minimum Gasteiger partial charge on any atom is -0.396 e. The average molecular weight is 401 g/mol. The zero-order valence-electron chi connectivity index (χ0n) is 17.7. The lowest BCUT2D eigenvalue weighted by Crippen LogP contribution is -2.26. The van der Waals surface area contributed by atoms with Gasteiger partial charge in [-0.15, -0.1) is 0 Å². The summed E-state index contributed by atoms with van der Waals surface area (Å²) in [6.07, 6.45) is 13.4. The zero-order chi connectivity index (χ0) is 20.0. The van der Waals surface area contributed by atoms with Gasteiger partial charge in [0.15, 0.2) is 6.29 Å². The second-order valence-electron chi connectivity index (χ2n) is 7.99. The Hall–Kier alpha value is -0.500. The molecule has 0 aromatic carbocycles. The lowest BCUT2D eigenvalue weighted by Gasteiger charge is -2.26. The smallest absolute Gasteiger partial charge is 0.157 e. The normalized spacial score (nSPS) is 29.5. The largest absolute Gasteiger partial charge is 0.396 e. The number of allylic oxidation sites excluding steroid dienone is 2. The molecule has 1 unspecified atom stereocenters. The van der Waals surface area contributed by atoms with Crippen LogP contribution in [0.2, 0.25) is 0 Å². The van der Waals surface area contributed by atoms with Crippen molar-refractivity contribution in [3.63, 3.8) is 0 Å². The molecule has 2 fully saturated rings. The highest BCUT2D eigenvalue weighted by molar-refractivity contribution is 4.97. The van der Waals surface area contributed by atoms with Crippen LogP contribution in [-0.2, 0) is 23.7 Å². The molecule has 28 heavy (non-hydrogen) atoms. The maximum absolute atomic E-state index is 9.66. The van der Waals surface area contributed by atoms with Gasteiger partial charge in [0.1, 0.15) is 6.79 Å². The van der Waals surface area contributed by atoms with Crippen molar-refractivity contribution < 1.29 is 28.8 Å². The van der Waals surface area contributed by atoms with Crippen LogP contribution in [0.5, 0.6) is 0 Å². The molecule has 0 aromatic heterocycles. The fraction of sp³-hybridized carbons (Fsp3) is 0.909. The van der Waals surface area contributed by atoms with E-state index in [1.54, 1.807) is 7.11 Å². The minimum atomic E-state index is -0.00138. The molecule has 0 radical (unpaired) electrons. The summed E-state index contributed by atoms with van der Waals surface area (Å²) in [7, 11) is 1.66. The highest BCUT2D eigenvalue weighted by Gasteiger charge is 2.32. The molecule has 0 aromatic rings. The van der Waals surface area contributed by atoms with E-state index in [1.165, 1.54) is 6.42 Å². The molecule has 1 heterocycles. The van der Waals surface area contributed by atoms with Gasteiger partial charge in [-0.25, -0.2) is 0 Å². The van der Waals surface area contributed by atoms with E-state index in [-0.39, 0.29) is 31.0 Å². The van der Waals surface area contributed by atoms with Crippen molar-refractivity contribution in [2.24, 2.45) is 11.8 Å². The number of rotatable bonds is 14. The lowest BCUT2D eigenvalue weighted by molar-refractivity contribution is -0.185. The molecule has 2 rings (SSSR count). The van der Waals surface area contributed by atoms with Crippen molar-refractivity contribution in [2.75, 3.05) is 40.3 Å². The van der Waals surface area contributed by atoms with Crippen LogP contribution in [-0.4, -0.2) is 63.9 Å². The number of methoxy groups -OCH3 is 1. The predicted molar refractivity (Wildman–Crippen MR) is 108 cm³/mol. The third-order valence-electron chi connectivity index (χ3n) is 5.65. The molecule has 6 heteroatoms. The van der Waals surface area contributed by atoms with Crippen molar-refractivity contribution in [3.05, 3.63) is 12.2 Å². The first kappa shape index (κ1) is 23.8. The fourth-order valence-electron chi connectivity index (χ4n) is 3.97. The van der Waals surface area contributed by atoms with Crippen molar-refractivity contribution in [2.45, 2.75) is 76.8 Å². The maximum Gasteiger partial charge on any atom is 0.157 e. The van der Waals surface area contributed by atoms with Gasteiger partial charge in [-0.2, -0.15) is 0 Å². The minimum absolute atomic E-state index is 0.00138. The van der Waals surface area contributed by atoms with Gasteiger partial charge in [0.05, 0.1) is 25.4 Å². The van der Waals surface area contributed by atoms with Crippen molar-refractivity contribution in [3.8, 4) is 0 Å². The molecular formula is C22H40O6. The topological polar surface area (TPSA) is 66.4 Å². The molecule has 0 amide bonds. The fourth-order valence-corrected chi connectivity index (χ4v) is 3.97. The summed E-state index contributed by atoms with van der Waals surface area (Å²) in [6, 6.07) is 0. The van der Waals surface area contributed by atoms with Crippen LogP contribution in [0.25, 0.3) is 0 Å². The van der Waals surface area contributed by atoms with Gasteiger partial charge in [0, 0.05) is 20.3 Å². The molecule has 164 valence electrons. The van der Waals surface area contributed by atoms with Gasteiger partial charge in [0.2, 0.25) is 0 Å². The monoisotopic (exact) mass is 400 g/mol. The number of unbranched alkanes of at least 4 members (excludes halogenated alkanes) is 1. The Morgan fingerprint density at radius 3 is 2.86 bits per heavy atom. The van der Waals surface area contributed by atoms with E-state index in [0.717, 1.165) is 51.6 Å². The second kappa shape index (κ2) is 14.5. The van der Waals surface area contributed by atoms with Gasteiger partial charge < -0.3 is 28.8 Å². The quantitative estimate of drug-likeness (QED) is 0.273. The first-order valence-electron chi connectivity index (χ1n) is 11.0. The van der Waals surface area contributed by atoms with Crippen molar-refractivity contribution in [1.29, 1.82) is 0 Å². The molecule has 1 N–H and O–H groups in total. The Balaban J connectivity index is 1.57. The summed E-state index contributed by atoms with van der Waals surface area (Å²) >= 11 is 0. The lowest BCUT2D eigenvalue weighted by atomic mass is 9.96. The summed E-state index contributed by atoms with van der Waals surface area (Å²) in [4.78, 5) is 0. The molecule has 6 nitrogen and oxygen atoms in total. The van der Waals surface area contributed by atoms with Crippen LogP contribution < -0.4 is 0 Å². The summed E-state index contributed by atoms with van der Waals surface area (Å²) in [5.41, 5.74) is 0. The van der Waals surface area contributed by atoms with E-state index in [9.17, 15) is 5.11 Å². The molecule has 1 saturated carbocycles. The van der Waals surface area contributed by atoms with Crippen molar-refractivity contribution >= 4 is 0 Å². The van der Waals surface area contributed by atoms with Gasteiger partial charge in [-0.05, 0) is 70.1 Å². The SMILES string of the molecule is COCCOCO[C@@H]1C[C@@H](CO)[C@H](/C=C/CCC[C@H](C)OC2CCCCO2)C1. The van der Waals surface area contributed by atoms with Gasteiger partial charge >= 0.3 is 0 Å². The summed E-state index contributed by atoms with van der Waals surface area (Å²) in [6.45, 7) is 4.60. The van der Waals surface area contributed by atoms with Gasteiger partial charge in [-0.3, -0.25) is 0 Å². The van der Waals surface area contributed by atoms with Crippen LogP contribution in [0.15, 0.2) is 12.2 Å². The van der Waals surface area contributed by atoms with Crippen molar-refractivity contribution in [1.82, 2.24) is 0 Å². The van der Waals surface area contributed by atoms with Gasteiger partial charge in [0.25, 0.3) is 0 Å². The number of hydrogen-bond donors (Lipinski definition) is 1. The van der Waals surface area contributed by atoms with Crippen LogP contribution >= 0.6 is 0 Å². The Bertz CT molecular complexity index is 410. The van der Waals surface area contributed by atoms with E-state index in [0.29, 0.717) is 25.9 Å². The molecule has 5 atom stereocenters. The summed E-state index contributed by atoms with van der Waals surface area (Å²) in [5, 5.41) is 9.66. The molecule has 2 aliphatic rings. The predicted octanol–water partition coefficient (Wildman–Crippen LogP) is 3.67. The average Bonchev–Trinajstić information content (AvgIpc) is 3.10. The van der Waals surface area contributed by atoms with E-state index in [1.807, 2.05) is 0 Å². The molecule has 1 saturated heterocycles. The number of hydrogen-bond acceptors (Lipinski definition) is 6. The van der Waals surface area contributed by atoms with Crippen LogP contribution in [0, 0.1) is 11.8 Å². The highest BCUT2D eigenvalue weighted by atomic mass is 16.7. The van der Waals surface area contributed by atoms with E-state index in [2.05, 4.69) is 19.1 Å². The van der Waals surface area contributed by atoms with Crippen LogP contribution in [0.4, 0.5) is 0 Å². The third kappa shape index (κ3) is 9.33. The van der Waals surface area contributed by atoms with E-state index < -0.39 is 0 Å². The molecule has 1 aliphatic carbocycles. The summed E-state index contributed by atoms with van der Waals surface area (Å²) < 4.78 is 27.7. The Kier molecular flexibility index (Phi) is 12.3. The molecular weight excluding hydrogens is 360 g/mol. The Labute approximate surface area is 170 Å². The number of aliphatic hydroxyl groups excluding tert-OH is 1. The molecule has 0 spiro atoms. The van der Waals surface area contributed by atoms with Crippen LogP contribution in [0.3, 0.4) is 0 Å². The standard InChI is InChI=1S/C22H40O6/c1-18(28-22-10-6-7-11-26-22)8-4-3-5-9-19-14-21(15-20(19)16-23)27-17-25-13-12-24-2/h5,9,18-23H,3-4,6-8,10-17H2,1-2H3/b9-5+/t18-,19+,20-,21-,22?/m0/s1. The Morgan fingerprint density at radius 2 is 2.11 bits per heavy atom. The first-order chi connectivity index (χ1) is 13.7. The molecule has 1 aliphatic heterocycles. The highest BCUT2D eigenvalue weighted by Crippen LogP contribution is 2.34. The van der Waals surface area contributed by atoms with E-state index >= 15 is 0 Å². The van der Waals surface area contributed by atoms with Gasteiger partial charge in [-0.1, -0.05) is 12.2 Å². The van der Waals surface area contributed by atoms with E-state index in [4.69, 9.17) is 23.7 Å². The second-order valence-corrected chi connectivity index (χ2v) is 7.99. The number of aliphatic hydroxyl groups is 1. The Morgan fingerprint density at radius 1 is 1.21 bits per heavy atom. The van der Waals surface area contributed by atoms with Crippen LogP contribution in [0.1, 0.15) is 58.3 Å². The molecule has 0 bridgehead atoms. The maximum atomic E-state index is 9.66. The zero-order valence-corrected chi connectivity index (χ0v) is 17.7. The third-order valence-corrected chi connectivity index (χ3v) is 5.65. The first-order valence-corrected chi connectivity index (χ1v) is 11.0.